The van der Waals surface area contributed by atoms with Crippen molar-refractivity contribution in [2.45, 2.75) is 32.6 Å². The van der Waals surface area contributed by atoms with Crippen molar-refractivity contribution in [3.8, 4) is 0 Å². The molecule has 0 fully saturated rings. The van der Waals surface area contributed by atoms with Crippen LogP contribution in [-0.4, -0.2) is 28.8 Å². The van der Waals surface area contributed by atoms with Crippen LogP contribution in [0.3, 0.4) is 0 Å². The second kappa shape index (κ2) is 7.82. The van der Waals surface area contributed by atoms with E-state index in [0.29, 0.717) is 13.0 Å². The molecule has 6 nitrogen and oxygen atoms in total. The van der Waals surface area contributed by atoms with Crippen molar-refractivity contribution in [2.75, 3.05) is 13.2 Å². The number of phosphoric acid groups is 1. The molecule has 0 atom stereocenters. The molecule has 0 aliphatic heterocycles. The van der Waals surface area contributed by atoms with Crippen LogP contribution in [0.5, 0.6) is 0 Å². The highest BCUT2D eigenvalue weighted by molar-refractivity contribution is 7.46. The van der Waals surface area contributed by atoms with Crippen LogP contribution in [0.2, 0.25) is 0 Å². The van der Waals surface area contributed by atoms with Crippen LogP contribution in [0.1, 0.15) is 32.6 Å². The molecule has 0 saturated carbocycles. The summed E-state index contributed by atoms with van der Waals surface area (Å²) in [4.78, 5) is 27.2. The summed E-state index contributed by atoms with van der Waals surface area (Å²) in [5, 5.41) is 2.67. The molecule has 7 heteroatoms. The van der Waals surface area contributed by atoms with E-state index in [4.69, 9.17) is 9.79 Å². The summed E-state index contributed by atoms with van der Waals surface area (Å²) in [5.74, 6) is -0.0418. The molecule has 0 aromatic carbocycles. The SMILES string of the molecule is CC(=O)NCCCCCCOP(=O)(O)O. The summed E-state index contributed by atoms with van der Waals surface area (Å²) in [6.07, 6.45) is 3.23. The fraction of sp³-hybridized carbons (Fsp3) is 0.875. The van der Waals surface area contributed by atoms with Gasteiger partial charge in [-0.2, -0.15) is 0 Å². The first-order valence-electron chi connectivity index (χ1n) is 4.86. The van der Waals surface area contributed by atoms with Gasteiger partial charge in [0.05, 0.1) is 6.61 Å². The van der Waals surface area contributed by atoms with Crippen LogP contribution in [0.4, 0.5) is 0 Å². The Labute approximate surface area is 89.3 Å². The van der Waals surface area contributed by atoms with Crippen LogP contribution >= 0.6 is 7.82 Å². The molecule has 0 bridgehead atoms. The van der Waals surface area contributed by atoms with Gasteiger partial charge in [0, 0.05) is 13.5 Å². The van der Waals surface area contributed by atoms with Crippen LogP contribution in [0, 0.1) is 0 Å². The fourth-order valence-electron chi connectivity index (χ4n) is 1.03. The average molecular weight is 239 g/mol. The third kappa shape index (κ3) is 13.6. The lowest BCUT2D eigenvalue weighted by atomic mass is 10.2. The maximum Gasteiger partial charge on any atom is 0.469 e. The number of hydrogen-bond acceptors (Lipinski definition) is 3. The topological polar surface area (TPSA) is 95.9 Å². The van der Waals surface area contributed by atoms with Crippen molar-refractivity contribution >= 4 is 13.7 Å². The van der Waals surface area contributed by atoms with Gasteiger partial charge in [-0.05, 0) is 12.8 Å². The summed E-state index contributed by atoms with van der Waals surface area (Å²) in [5.41, 5.74) is 0. The molecular formula is C8H18NO5P. The second-order valence-corrected chi connectivity index (χ2v) is 4.46. The summed E-state index contributed by atoms with van der Waals surface area (Å²) in [6.45, 7) is 2.19. The van der Waals surface area contributed by atoms with E-state index in [9.17, 15) is 9.36 Å². The van der Waals surface area contributed by atoms with E-state index in [-0.39, 0.29) is 12.5 Å². The van der Waals surface area contributed by atoms with Crippen molar-refractivity contribution < 1.29 is 23.7 Å². The third-order valence-electron chi connectivity index (χ3n) is 1.70. The number of phosphoric ester groups is 1. The first-order chi connectivity index (χ1) is 6.92. The molecule has 90 valence electrons. The lowest BCUT2D eigenvalue weighted by Gasteiger charge is -2.05. The number of unbranched alkanes of at least 4 members (excludes halogenated alkanes) is 3. The molecule has 0 aromatic rings. The average Bonchev–Trinajstić information content (AvgIpc) is 2.07. The Morgan fingerprint density at radius 2 is 1.87 bits per heavy atom. The largest absolute Gasteiger partial charge is 0.469 e. The summed E-state index contributed by atoms with van der Waals surface area (Å²) >= 11 is 0. The predicted octanol–water partition coefficient (Wildman–Crippen LogP) is 0.792. The Morgan fingerprint density at radius 3 is 2.40 bits per heavy atom. The van der Waals surface area contributed by atoms with Crippen LogP contribution in [-0.2, 0) is 13.9 Å². The van der Waals surface area contributed by atoms with Gasteiger partial charge in [-0.1, -0.05) is 12.8 Å². The van der Waals surface area contributed by atoms with Gasteiger partial charge in [0.1, 0.15) is 0 Å². The van der Waals surface area contributed by atoms with Crippen LogP contribution in [0.15, 0.2) is 0 Å². The number of hydrogen-bond donors (Lipinski definition) is 3. The minimum atomic E-state index is -4.30. The first kappa shape index (κ1) is 14.6. The minimum Gasteiger partial charge on any atom is -0.356 e. The molecule has 0 aliphatic carbocycles. The predicted molar refractivity (Wildman–Crippen MR) is 55.1 cm³/mol. The van der Waals surface area contributed by atoms with Crippen molar-refractivity contribution in [3.63, 3.8) is 0 Å². The van der Waals surface area contributed by atoms with Gasteiger partial charge in [-0.15, -0.1) is 0 Å². The highest BCUT2D eigenvalue weighted by atomic mass is 31.2. The monoisotopic (exact) mass is 239 g/mol. The molecule has 0 rings (SSSR count). The van der Waals surface area contributed by atoms with Gasteiger partial charge in [-0.3, -0.25) is 9.32 Å². The molecule has 0 spiro atoms. The zero-order chi connectivity index (χ0) is 11.7. The maximum atomic E-state index is 10.5. The molecule has 0 saturated heterocycles. The number of nitrogens with one attached hydrogen (secondary N) is 1. The Balaban J connectivity index is 3.12. The van der Waals surface area contributed by atoms with Crippen molar-refractivity contribution in [2.24, 2.45) is 0 Å². The van der Waals surface area contributed by atoms with E-state index in [1.807, 2.05) is 0 Å². The molecule has 1 amide bonds. The molecule has 15 heavy (non-hydrogen) atoms. The lowest BCUT2D eigenvalue weighted by molar-refractivity contribution is -0.118. The Hall–Kier alpha value is -0.420. The second-order valence-electron chi connectivity index (χ2n) is 3.22. The smallest absolute Gasteiger partial charge is 0.356 e. The fourth-order valence-corrected chi connectivity index (χ4v) is 1.40. The van der Waals surface area contributed by atoms with Gasteiger partial charge in [-0.25, -0.2) is 4.57 Å². The first-order valence-corrected chi connectivity index (χ1v) is 6.39. The summed E-state index contributed by atoms with van der Waals surface area (Å²) < 4.78 is 14.5. The van der Waals surface area contributed by atoms with E-state index >= 15 is 0 Å². The van der Waals surface area contributed by atoms with Crippen LogP contribution in [0.25, 0.3) is 0 Å². The normalized spacial score (nSPS) is 11.4. The molecule has 0 aromatic heterocycles. The Kier molecular flexibility index (Phi) is 7.60. The summed E-state index contributed by atoms with van der Waals surface area (Å²) in [7, 11) is -4.30. The van der Waals surface area contributed by atoms with E-state index in [2.05, 4.69) is 9.84 Å². The number of rotatable bonds is 8. The zero-order valence-corrected chi connectivity index (χ0v) is 9.70. The molecule has 0 aliphatic rings. The van der Waals surface area contributed by atoms with Crippen LogP contribution < -0.4 is 5.32 Å². The standard InChI is InChI=1S/C8H18NO5P/c1-8(10)9-6-4-2-3-5-7-14-15(11,12)13/h2-7H2,1H3,(H,9,10)(H2,11,12,13). The molecule has 0 unspecified atom stereocenters. The van der Waals surface area contributed by atoms with E-state index in [0.717, 1.165) is 19.3 Å². The summed E-state index contributed by atoms with van der Waals surface area (Å²) in [6, 6.07) is 0. The number of carbonyl (C=O) groups excluding carboxylic acids is 1. The Morgan fingerprint density at radius 1 is 1.27 bits per heavy atom. The van der Waals surface area contributed by atoms with Crippen molar-refractivity contribution in [1.29, 1.82) is 0 Å². The molecular weight excluding hydrogens is 221 g/mol. The van der Waals surface area contributed by atoms with Crippen molar-refractivity contribution in [1.82, 2.24) is 5.32 Å². The zero-order valence-electron chi connectivity index (χ0n) is 8.81. The van der Waals surface area contributed by atoms with Gasteiger partial charge in [0.25, 0.3) is 0 Å². The molecule has 0 heterocycles. The molecule has 3 N–H and O–H groups in total. The number of carbonyl (C=O) groups is 1. The van der Waals surface area contributed by atoms with Crippen molar-refractivity contribution in [3.05, 3.63) is 0 Å². The van der Waals surface area contributed by atoms with Gasteiger partial charge in [0.2, 0.25) is 5.91 Å². The maximum absolute atomic E-state index is 10.5. The van der Waals surface area contributed by atoms with Gasteiger partial charge in [0.15, 0.2) is 0 Å². The third-order valence-corrected chi connectivity index (χ3v) is 2.22. The lowest BCUT2D eigenvalue weighted by Crippen LogP contribution is -2.20. The highest BCUT2D eigenvalue weighted by Crippen LogP contribution is 2.35. The minimum absolute atomic E-state index is 0.0418. The Bertz CT molecular complexity index is 227. The van der Waals surface area contributed by atoms with Gasteiger partial charge < -0.3 is 15.1 Å². The van der Waals surface area contributed by atoms with Gasteiger partial charge >= 0.3 is 7.82 Å². The van der Waals surface area contributed by atoms with E-state index < -0.39 is 7.82 Å². The van der Waals surface area contributed by atoms with E-state index in [1.165, 1.54) is 6.92 Å². The van der Waals surface area contributed by atoms with E-state index in [1.54, 1.807) is 0 Å². The highest BCUT2D eigenvalue weighted by Gasteiger charge is 2.12. The number of amides is 1. The molecule has 0 radical (unpaired) electrons. The quantitative estimate of drug-likeness (QED) is 0.430.